The molecule has 0 rings (SSSR count). The van der Waals surface area contributed by atoms with Gasteiger partial charge in [-0.2, -0.15) is 0 Å². The Morgan fingerprint density at radius 1 is 0.433 bits per heavy atom. The molecule has 0 saturated carbocycles. The molecular weight excluding hydrogens is 827 g/mol. The Morgan fingerprint density at radius 2 is 0.761 bits per heavy atom. The van der Waals surface area contributed by atoms with Crippen LogP contribution in [0.4, 0.5) is 0 Å². The van der Waals surface area contributed by atoms with Crippen LogP contribution in [0, 0.1) is 0 Å². The van der Waals surface area contributed by atoms with Crippen LogP contribution in [-0.2, 0) is 14.3 Å². The number of unbranched alkanes of at least 4 members (excludes halogenated alkanes) is 30. The molecular formula is C61H111NO5. The number of carbonyl (C=O) groups excluding carboxylic acids is 2. The molecule has 67 heavy (non-hydrogen) atoms. The minimum absolute atomic E-state index is 0.0592. The summed E-state index contributed by atoms with van der Waals surface area (Å²) in [6, 6.07) is -0.713. The van der Waals surface area contributed by atoms with Crippen molar-refractivity contribution in [2.75, 3.05) is 6.61 Å². The van der Waals surface area contributed by atoms with Gasteiger partial charge in [0.15, 0.2) is 0 Å². The lowest BCUT2D eigenvalue weighted by Crippen LogP contribution is -2.46. The highest BCUT2D eigenvalue weighted by Crippen LogP contribution is 2.18. The number of allylic oxidation sites excluding steroid dienone is 10. The van der Waals surface area contributed by atoms with Gasteiger partial charge in [0.2, 0.25) is 5.91 Å². The van der Waals surface area contributed by atoms with E-state index in [0.29, 0.717) is 19.3 Å². The maximum Gasteiger partial charge on any atom is 0.306 e. The predicted molar refractivity (Wildman–Crippen MR) is 292 cm³/mol. The monoisotopic (exact) mass is 938 g/mol. The van der Waals surface area contributed by atoms with Crippen LogP contribution in [0.5, 0.6) is 0 Å². The van der Waals surface area contributed by atoms with Gasteiger partial charge in [-0.05, 0) is 96.3 Å². The third kappa shape index (κ3) is 49.8. The van der Waals surface area contributed by atoms with Crippen molar-refractivity contribution >= 4 is 11.9 Å². The van der Waals surface area contributed by atoms with E-state index in [-0.39, 0.29) is 24.9 Å². The molecule has 0 bridgehead atoms. The van der Waals surface area contributed by atoms with Crippen molar-refractivity contribution in [3.63, 3.8) is 0 Å². The molecule has 3 atom stereocenters. The Kier molecular flexibility index (Phi) is 52.5. The van der Waals surface area contributed by atoms with Gasteiger partial charge >= 0.3 is 5.97 Å². The van der Waals surface area contributed by atoms with Crippen molar-refractivity contribution < 1.29 is 24.5 Å². The van der Waals surface area contributed by atoms with Gasteiger partial charge in [-0.3, -0.25) is 9.59 Å². The van der Waals surface area contributed by atoms with Crippen LogP contribution in [-0.4, -0.2) is 46.9 Å². The molecule has 0 aliphatic carbocycles. The Morgan fingerprint density at radius 3 is 1.18 bits per heavy atom. The molecule has 0 aliphatic rings. The van der Waals surface area contributed by atoms with E-state index >= 15 is 0 Å². The first-order valence-corrected chi connectivity index (χ1v) is 29.0. The summed E-state index contributed by atoms with van der Waals surface area (Å²) in [5.41, 5.74) is 0. The Balaban J connectivity index is 4.62. The van der Waals surface area contributed by atoms with Crippen LogP contribution < -0.4 is 5.32 Å². The maximum absolute atomic E-state index is 13.3. The van der Waals surface area contributed by atoms with Crippen LogP contribution in [0.2, 0.25) is 0 Å². The van der Waals surface area contributed by atoms with Gasteiger partial charge in [0, 0.05) is 6.42 Å². The lowest BCUT2D eigenvalue weighted by molar-refractivity contribution is -0.151. The Hall–Kier alpha value is -2.44. The van der Waals surface area contributed by atoms with Gasteiger partial charge in [0.1, 0.15) is 6.10 Å². The normalized spacial score (nSPS) is 13.6. The first-order valence-electron chi connectivity index (χ1n) is 29.0. The summed E-state index contributed by atoms with van der Waals surface area (Å²) in [7, 11) is 0. The molecule has 6 nitrogen and oxygen atoms in total. The predicted octanol–water partition coefficient (Wildman–Crippen LogP) is 18.0. The maximum atomic E-state index is 13.3. The van der Waals surface area contributed by atoms with E-state index in [1.165, 1.54) is 148 Å². The zero-order chi connectivity index (χ0) is 48.8. The van der Waals surface area contributed by atoms with E-state index in [1.54, 1.807) is 0 Å². The summed E-state index contributed by atoms with van der Waals surface area (Å²) in [5, 5.41) is 23.9. The molecule has 0 heterocycles. The van der Waals surface area contributed by atoms with E-state index in [9.17, 15) is 19.8 Å². The van der Waals surface area contributed by atoms with Gasteiger partial charge in [-0.15, -0.1) is 0 Å². The number of hydrogen-bond donors (Lipinski definition) is 3. The van der Waals surface area contributed by atoms with Crippen molar-refractivity contribution in [1.29, 1.82) is 0 Å². The number of carbonyl (C=O) groups is 2. The average Bonchev–Trinajstić information content (AvgIpc) is 3.32. The third-order valence-electron chi connectivity index (χ3n) is 13.1. The summed E-state index contributed by atoms with van der Waals surface area (Å²) in [5.74, 6) is -0.497. The fraction of sp³-hybridized carbons (Fsp3) is 0.803. The molecule has 3 unspecified atom stereocenters. The lowest BCUT2D eigenvalue weighted by atomic mass is 10.0. The fourth-order valence-corrected chi connectivity index (χ4v) is 8.64. The Labute approximate surface area is 416 Å². The summed E-state index contributed by atoms with van der Waals surface area (Å²) < 4.78 is 5.95. The molecule has 390 valence electrons. The second kappa shape index (κ2) is 54.5. The van der Waals surface area contributed by atoms with Crippen molar-refractivity contribution in [2.45, 2.75) is 309 Å². The van der Waals surface area contributed by atoms with Crippen molar-refractivity contribution in [2.24, 2.45) is 0 Å². The van der Waals surface area contributed by atoms with E-state index in [0.717, 1.165) is 96.3 Å². The molecule has 6 heteroatoms. The second-order valence-electron chi connectivity index (χ2n) is 19.7. The van der Waals surface area contributed by atoms with Gasteiger partial charge in [-0.1, -0.05) is 242 Å². The van der Waals surface area contributed by atoms with E-state index < -0.39 is 18.2 Å². The molecule has 0 aromatic rings. The molecule has 0 radical (unpaired) electrons. The molecule has 0 saturated heterocycles. The van der Waals surface area contributed by atoms with Gasteiger partial charge < -0.3 is 20.3 Å². The number of aliphatic hydroxyl groups excluding tert-OH is 2. The Bertz CT molecular complexity index is 1190. The first kappa shape index (κ1) is 64.6. The fourth-order valence-electron chi connectivity index (χ4n) is 8.64. The van der Waals surface area contributed by atoms with Crippen molar-refractivity contribution in [3.8, 4) is 0 Å². The zero-order valence-electron chi connectivity index (χ0n) is 44.5. The molecule has 0 fully saturated rings. The number of rotatable bonds is 52. The van der Waals surface area contributed by atoms with Crippen LogP contribution in [0.1, 0.15) is 290 Å². The lowest BCUT2D eigenvalue weighted by Gasteiger charge is -2.24. The standard InChI is InChI=1S/C61H111NO5/c1-4-7-10-13-16-19-22-25-28-30-32-34-37-40-43-46-49-52-57(67-61(66)54-51-48-45-42-39-36-33-31-29-26-23-20-17-14-11-8-5-2)55-60(65)62-58(56-63)59(64)53-50-47-44-41-38-35-27-24-21-18-15-12-9-6-3/h16-17,19-20,25-26,28-29,32,34,57-59,63-64H,4-15,18,21-24,27,30-31,33,35-56H2,1-3H3,(H,62,65)/b19-16-,20-17-,28-25-,29-26-,34-32-. The largest absolute Gasteiger partial charge is 0.462 e. The highest BCUT2D eigenvalue weighted by Gasteiger charge is 2.24. The molecule has 3 N–H and O–H groups in total. The average molecular weight is 939 g/mol. The number of aliphatic hydroxyl groups is 2. The molecule has 1 amide bonds. The molecule has 0 spiro atoms. The number of ether oxygens (including phenoxy) is 1. The topological polar surface area (TPSA) is 95.9 Å². The van der Waals surface area contributed by atoms with E-state index in [4.69, 9.17) is 4.74 Å². The SMILES string of the molecule is CCCCC/C=C\C/C=C\C/C=C\CCCCCCC(CC(=O)NC(CO)C(O)CCCCCCCCCCCCCCCC)OC(=O)CCCCCCCCC/C=C\C/C=C\CCCCC. The highest BCUT2D eigenvalue weighted by molar-refractivity contribution is 5.77. The van der Waals surface area contributed by atoms with E-state index in [1.807, 2.05) is 0 Å². The van der Waals surface area contributed by atoms with E-state index in [2.05, 4.69) is 86.8 Å². The second-order valence-corrected chi connectivity index (χ2v) is 19.7. The smallest absolute Gasteiger partial charge is 0.306 e. The third-order valence-corrected chi connectivity index (χ3v) is 13.1. The van der Waals surface area contributed by atoms with Gasteiger partial charge in [-0.25, -0.2) is 0 Å². The quantitative estimate of drug-likeness (QED) is 0.0321. The highest BCUT2D eigenvalue weighted by atomic mass is 16.5. The molecule has 0 aromatic heterocycles. The zero-order valence-corrected chi connectivity index (χ0v) is 44.5. The molecule has 0 aromatic carbocycles. The minimum Gasteiger partial charge on any atom is -0.462 e. The molecule has 0 aliphatic heterocycles. The summed E-state index contributed by atoms with van der Waals surface area (Å²) >= 11 is 0. The van der Waals surface area contributed by atoms with Crippen LogP contribution in [0.15, 0.2) is 60.8 Å². The van der Waals surface area contributed by atoms with Crippen LogP contribution >= 0.6 is 0 Å². The van der Waals surface area contributed by atoms with Crippen LogP contribution in [0.25, 0.3) is 0 Å². The summed E-state index contributed by atoms with van der Waals surface area (Å²) in [6.07, 6.45) is 68.5. The number of hydrogen-bond acceptors (Lipinski definition) is 5. The number of nitrogens with one attached hydrogen (secondary N) is 1. The summed E-state index contributed by atoms with van der Waals surface area (Å²) in [4.78, 5) is 26.3. The minimum atomic E-state index is -0.797. The van der Waals surface area contributed by atoms with Gasteiger partial charge in [0.05, 0.1) is 25.2 Å². The number of esters is 1. The summed E-state index contributed by atoms with van der Waals surface area (Å²) in [6.45, 7) is 6.45. The van der Waals surface area contributed by atoms with Crippen molar-refractivity contribution in [3.05, 3.63) is 60.8 Å². The number of amides is 1. The van der Waals surface area contributed by atoms with Crippen LogP contribution in [0.3, 0.4) is 0 Å². The first-order chi connectivity index (χ1) is 33.0. The van der Waals surface area contributed by atoms with Gasteiger partial charge in [0.25, 0.3) is 0 Å². The van der Waals surface area contributed by atoms with Crippen molar-refractivity contribution in [1.82, 2.24) is 5.32 Å².